The highest BCUT2D eigenvalue weighted by atomic mass is 32.2. The maximum Gasteiger partial charge on any atom is 0.339 e. The van der Waals surface area contributed by atoms with Crippen molar-refractivity contribution in [1.82, 2.24) is 0 Å². The number of phenols is 1. The van der Waals surface area contributed by atoms with E-state index in [1.165, 1.54) is 6.07 Å². The summed E-state index contributed by atoms with van der Waals surface area (Å²) in [6, 6.07) is 10.1. The lowest BCUT2D eigenvalue weighted by Crippen LogP contribution is -1.99. The fourth-order valence-corrected chi connectivity index (χ4v) is 3.10. The number of hydrogen-bond acceptors (Lipinski definition) is 6. The van der Waals surface area contributed by atoms with Crippen molar-refractivity contribution in [2.75, 3.05) is 0 Å². The molecule has 0 saturated heterocycles. The molecule has 0 unspecified atom stereocenters. The molecule has 0 fully saturated rings. The second-order valence-corrected chi connectivity index (χ2v) is 6.82. The Morgan fingerprint density at radius 2 is 1.74 bits per heavy atom. The Hall–Kier alpha value is -3.37. The maximum absolute atomic E-state index is 13.3. The Bertz CT molecular complexity index is 1210. The SMILES string of the molecule is O=C(O)c1cc2ccccc2c(N=Nc2ccc(F)cc2S(=O)(=O)O)c1O. The van der Waals surface area contributed by atoms with Crippen LogP contribution in [0.5, 0.6) is 5.75 Å². The van der Waals surface area contributed by atoms with E-state index >= 15 is 0 Å². The second-order valence-electron chi connectivity index (χ2n) is 5.43. The number of aromatic hydroxyl groups is 1. The van der Waals surface area contributed by atoms with Gasteiger partial charge in [0.1, 0.15) is 27.7 Å². The average Bonchev–Trinajstić information content (AvgIpc) is 2.60. The first kappa shape index (κ1) is 18.4. The minimum absolute atomic E-state index is 0.212. The van der Waals surface area contributed by atoms with E-state index < -0.39 is 38.1 Å². The molecule has 0 amide bonds. The topological polar surface area (TPSA) is 137 Å². The summed E-state index contributed by atoms with van der Waals surface area (Å²) in [6.45, 7) is 0. The molecule has 0 heterocycles. The summed E-state index contributed by atoms with van der Waals surface area (Å²) < 4.78 is 45.3. The zero-order valence-corrected chi connectivity index (χ0v) is 14.2. The number of rotatable bonds is 4. The zero-order valence-electron chi connectivity index (χ0n) is 13.4. The van der Waals surface area contributed by atoms with E-state index in [4.69, 9.17) is 0 Å². The maximum atomic E-state index is 13.3. The van der Waals surface area contributed by atoms with Crippen molar-refractivity contribution in [3.05, 3.63) is 59.9 Å². The van der Waals surface area contributed by atoms with Crippen LogP contribution in [0, 0.1) is 5.82 Å². The van der Waals surface area contributed by atoms with Gasteiger partial charge >= 0.3 is 5.97 Å². The van der Waals surface area contributed by atoms with Crippen LogP contribution in [0.4, 0.5) is 15.8 Å². The highest BCUT2D eigenvalue weighted by molar-refractivity contribution is 7.86. The number of fused-ring (bicyclic) bond motifs is 1. The van der Waals surface area contributed by atoms with E-state index in [9.17, 15) is 32.4 Å². The lowest BCUT2D eigenvalue weighted by atomic mass is 10.0. The van der Waals surface area contributed by atoms with Crippen LogP contribution in [-0.4, -0.2) is 29.2 Å². The molecule has 0 radical (unpaired) electrons. The van der Waals surface area contributed by atoms with Crippen LogP contribution >= 0.6 is 0 Å². The summed E-state index contributed by atoms with van der Waals surface area (Å²) in [5, 5.41) is 27.7. The molecule has 3 aromatic rings. The van der Waals surface area contributed by atoms with Crippen LogP contribution in [0.25, 0.3) is 10.8 Å². The smallest absolute Gasteiger partial charge is 0.339 e. The molecule has 0 aromatic heterocycles. The van der Waals surface area contributed by atoms with Gasteiger partial charge in [-0.3, -0.25) is 4.55 Å². The number of benzene rings is 3. The highest BCUT2D eigenvalue weighted by Gasteiger charge is 2.19. The van der Waals surface area contributed by atoms with Crippen LogP contribution in [-0.2, 0) is 10.1 Å². The molecule has 8 nitrogen and oxygen atoms in total. The van der Waals surface area contributed by atoms with Gasteiger partial charge in [-0.2, -0.15) is 8.42 Å². The second kappa shape index (κ2) is 6.74. The van der Waals surface area contributed by atoms with Gasteiger partial charge in [-0.25, -0.2) is 9.18 Å². The van der Waals surface area contributed by atoms with Gasteiger partial charge in [0.05, 0.1) is 0 Å². The molecule has 0 atom stereocenters. The van der Waals surface area contributed by atoms with Crippen LogP contribution < -0.4 is 0 Å². The van der Waals surface area contributed by atoms with Crippen LogP contribution in [0.2, 0.25) is 0 Å². The number of nitrogens with zero attached hydrogens (tertiary/aromatic N) is 2. The summed E-state index contributed by atoms with van der Waals surface area (Å²) in [5.41, 5.74) is -1.02. The van der Waals surface area contributed by atoms with E-state index in [0.29, 0.717) is 16.8 Å². The number of carboxylic acids is 1. The molecule has 3 N–H and O–H groups in total. The molecule has 0 aliphatic carbocycles. The summed E-state index contributed by atoms with van der Waals surface area (Å²) in [6.07, 6.45) is 0. The van der Waals surface area contributed by atoms with E-state index in [1.807, 2.05) is 0 Å². The monoisotopic (exact) mass is 390 g/mol. The minimum atomic E-state index is -4.78. The predicted molar refractivity (Wildman–Crippen MR) is 93.0 cm³/mol. The molecule has 0 bridgehead atoms. The highest BCUT2D eigenvalue weighted by Crippen LogP contribution is 2.39. The van der Waals surface area contributed by atoms with Crippen LogP contribution in [0.1, 0.15) is 10.4 Å². The van der Waals surface area contributed by atoms with E-state index in [1.54, 1.807) is 24.3 Å². The molecule has 0 aliphatic rings. The summed E-state index contributed by atoms with van der Waals surface area (Å²) in [7, 11) is -4.78. The number of azo groups is 1. The van der Waals surface area contributed by atoms with Crippen LogP contribution in [0.3, 0.4) is 0 Å². The third kappa shape index (κ3) is 3.61. The van der Waals surface area contributed by atoms with E-state index in [-0.39, 0.29) is 11.4 Å². The Labute approximate surface area is 152 Å². The molecule has 0 saturated carbocycles. The molecular formula is C17H11FN2O6S. The van der Waals surface area contributed by atoms with Gasteiger partial charge in [-0.05, 0) is 29.7 Å². The number of carboxylic acid groups (broad SMARTS) is 1. The predicted octanol–water partition coefficient (Wildman–Crippen LogP) is 4.04. The third-order valence-electron chi connectivity index (χ3n) is 3.68. The first-order chi connectivity index (χ1) is 12.7. The fraction of sp³-hybridized carbons (Fsp3) is 0. The van der Waals surface area contributed by atoms with E-state index in [0.717, 1.165) is 12.1 Å². The Kier molecular flexibility index (Phi) is 4.60. The molecule has 27 heavy (non-hydrogen) atoms. The Balaban J connectivity index is 2.24. The fourth-order valence-electron chi connectivity index (χ4n) is 2.46. The minimum Gasteiger partial charge on any atom is -0.505 e. The van der Waals surface area contributed by atoms with Gasteiger partial charge in [0.25, 0.3) is 10.1 Å². The molecule has 0 spiro atoms. The van der Waals surface area contributed by atoms with Gasteiger partial charge in [0.15, 0.2) is 5.75 Å². The van der Waals surface area contributed by atoms with Crippen molar-refractivity contribution in [2.45, 2.75) is 4.90 Å². The van der Waals surface area contributed by atoms with Crippen molar-refractivity contribution in [2.24, 2.45) is 10.2 Å². The van der Waals surface area contributed by atoms with Crippen molar-refractivity contribution < 1.29 is 32.4 Å². The van der Waals surface area contributed by atoms with Crippen molar-refractivity contribution in [3.8, 4) is 5.75 Å². The standard InChI is InChI=1S/C17H11FN2O6S/c18-10-5-6-13(14(8-10)27(24,25)26)19-20-15-11-4-2-1-3-9(11)7-12(16(15)21)17(22)23/h1-8,21H,(H,22,23)(H,24,25,26). The largest absolute Gasteiger partial charge is 0.505 e. The number of hydrogen-bond donors (Lipinski definition) is 3. The number of aromatic carboxylic acids is 1. The molecule has 0 aliphatic heterocycles. The average molecular weight is 390 g/mol. The summed E-state index contributed by atoms with van der Waals surface area (Å²) in [4.78, 5) is 10.5. The molecule has 3 aromatic carbocycles. The van der Waals surface area contributed by atoms with Crippen molar-refractivity contribution in [3.63, 3.8) is 0 Å². The van der Waals surface area contributed by atoms with Gasteiger partial charge < -0.3 is 10.2 Å². The molecule has 10 heteroatoms. The van der Waals surface area contributed by atoms with Gasteiger partial charge in [-0.15, -0.1) is 10.2 Å². The summed E-state index contributed by atoms with van der Waals surface area (Å²) >= 11 is 0. The summed E-state index contributed by atoms with van der Waals surface area (Å²) in [5.74, 6) is -2.97. The van der Waals surface area contributed by atoms with Gasteiger partial charge in [0.2, 0.25) is 0 Å². The quantitative estimate of drug-likeness (QED) is 0.454. The molecular weight excluding hydrogens is 379 g/mol. The van der Waals surface area contributed by atoms with Gasteiger partial charge in [0, 0.05) is 5.39 Å². The van der Waals surface area contributed by atoms with Crippen LogP contribution in [0.15, 0.2) is 63.7 Å². The molecule has 138 valence electrons. The van der Waals surface area contributed by atoms with Crippen molar-refractivity contribution in [1.29, 1.82) is 0 Å². The normalized spacial score (nSPS) is 11.9. The molecule has 3 rings (SSSR count). The van der Waals surface area contributed by atoms with Gasteiger partial charge in [-0.1, -0.05) is 24.3 Å². The lowest BCUT2D eigenvalue weighted by molar-refractivity contribution is 0.0694. The first-order valence-corrected chi connectivity index (χ1v) is 8.79. The van der Waals surface area contributed by atoms with Crippen molar-refractivity contribution >= 4 is 38.2 Å². The lowest BCUT2D eigenvalue weighted by Gasteiger charge is -2.08. The Morgan fingerprint density at radius 3 is 2.41 bits per heavy atom. The first-order valence-electron chi connectivity index (χ1n) is 7.35. The number of halogens is 1. The zero-order chi connectivity index (χ0) is 19.8. The number of carbonyl (C=O) groups is 1. The Morgan fingerprint density at radius 1 is 1.04 bits per heavy atom. The van der Waals surface area contributed by atoms with E-state index in [2.05, 4.69) is 10.2 Å². The third-order valence-corrected chi connectivity index (χ3v) is 4.57.